The maximum absolute atomic E-state index is 10.7. The van der Waals surface area contributed by atoms with Crippen LogP contribution >= 0.6 is 0 Å². The summed E-state index contributed by atoms with van der Waals surface area (Å²) in [7, 11) is 0. The van der Waals surface area contributed by atoms with Gasteiger partial charge in [0.1, 0.15) is 0 Å². The molecule has 4 heteroatoms. The van der Waals surface area contributed by atoms with Crippen LogP contribution in [0.1, 0.15) is 11.1 Å². The first kappa shape index (κ1) is 16.7. The summed E-state index contributed by atoms with van der Waals surface area (Å²) in [5.41, 5.74) is 3.25. The second-order valence-electron chi connectivity index (χ2n) is 5.67. The Morgan fingerprint density at radius 2 is 1.68 bits per heavy atom. The van der Waals surface area contributed by atoms with Crippen molar-refractivity contribution in [1.29, 1.82) is 0 Å². The van der Waals surface area contributed by atoms with Gasteiger partial charge in [-0.1, -0.05) is 35.9 Å². The standard InChI is InChI=1S/C21H18NO3/c23-22(24)21-12-10-18(11-13-21)15-25-16-20(14-17-6-4-5-7-17)19-8-2-1-3-9-19/h1-14H,15-16H2/q-1. The zero-order valence-corrected chi connectivity index (χ0v) is 13.7. The van der Waals surface area contributed by atoms with Crippen molar-refractivity contribution in [2.75, 3.05) is 6.61 Å². The monoisotopic (exact) mass is 332 g/mol. The van der Waals surface area contributed by atoms with Crippen molar-refractivity contribution >= 4 is 5.69 Å². The molecule has 126 valence electrons. The Morgan fingerprint density at radius 3 is 2.32 bits per heavy atom. The van der Waals surface area contributed by atoms with Crippen LogP contribution in [0.15, 0.2) is 90.6 Å². The van der Waals surface area contributed by atoms with Gasteiger partial charge in [-0.15, -0.1) is 41.8 Å². The zero-order chi connectivity index (χ0) is 17.5. The molecule has 0 fully saturated rings. The van der Waals surface area contributed by atoms with Crippen molar-refractivity contribution in [3.8, 4) is 0 Å². The van der Waals surface area contributed by atoms with Gasteiger partial charge in [0.05, 0.1) is 11.5 Å². The normalized spacial score (nSPS) is 12.4. The third kappa shape index (κ3) is 4.68. The van der Waals surface area contributed by atoms with E-state index in [1.807, 2.05) is 30.4 Å². The number of non-ortho nitro benzene ring substituents is 1. The molecule has 3 rings (SSSR count). The molecule has 0 saturated heterocycles. The van der Waals surface area contributed by atoms with E-state index in [1.54, 1.807) is 12.1 Å². The number of nitro groups is 1. The van der Waals surface area contributed by atoms with E-state index >= 15 is 0 Å². The van der Waals surface area contributed by atoms with E-state index in [0.717, 1.165) is 22.6 Å². The third-order valence-corrected chi connectivity index (χ3v) is 3.85. The topological polar surface area (TPSA) is 52.4 Å². The lowest BCUT2D eigenvalue weighted by Crippen LogP contribution is -2.07. The lowest BCUT2D eigenvalue weighted by Gasteiger charge is -2.21. The molecule has 0 spiro atoms. The SMILES string of the molecule is O=[N+]([O-])c1ccc(COC[C-](C=C2C=CC=C2)c2ccccc2)cc1. The van der Waals surface area contributed by atoms with Gasteiger partial charge in [-0.05, 0) is 17.7 Å². The van der Waals surface area contributed by atoms with Crippen molar-refractivity contribution in [2.24, 2.45) is 0 Å². The molecule has 4 nitrogen and oxygen atoms in total. The fraction of sp³-hybridized carbons (Fsp3) is 0.0952. The van der Waals surface area contributed by atoms with E-state index in [-0.39, 0.29) is 5.69 Å². The summed E-state index contributed by atoms with van der Waals surface area (Å²) in [6.07, 6.45) is 10.2. The molecule has 1 aliphatic carbocycles. The average molecular weight is 332 g/mol. The van der Waals surface area contributed by atoms with Crippen molar-refractivity contribution < 1.29 is 9.66 Å². The van der Waals surface area contributed by atoms with Gasteiger partial charge in [0.25, 0.3) is 5.69 Å². The van der Waals surface area contributed by atoms with Crippen LogP contribution in [0.25, 0.3) is 0 Å². The lowest BCUT2D eigenvalue weighted by atomic mass is 9.97. The van der Waals surface area contributed by atoms with E-state index in [9.17, 15) is 10.1 Å². The Morgan fingerprint density at radius 1 is 1.00 bits per heavy atom. The van der Waals surface area contributed by atoms with E-state index in [0.29, 0.717) is 13.2 Å². The summed E-state index contributed by atoms with van der Waals surface area (Å²) in [5, 5.41) is 10.7. The predicted molar refractivity (Wildman–Crippen MR) is 97.9 cm³/mol. The summed E-state index contributed by atoms with van der Waals surface area (Å²) >= 11 is 0. The summed E-state index contributed by atoms with van der Waals surface area (Å²) < 4.78 is 5.85. The second kappa shape index (κ2) is 8.13. The smallest absolute Gasteiger partial charge is 0.269 e. The van der Waals surface area contributed by atoms with Crippen LogP contribution in [0.3, 0.4) is 0 Å². The molecule has 2 aromatic carbocycles. The Hall–Kier alpha value is -3.11. The number of allylic oxidation sites excluding steroid dienone is 5. The number of ether oxygens (including phenoxy) is 1. The van der Waals surface area contributed by atoms with Crippen LogP contribution in [0, 0.1) is 16.0 Å². The van der Waals surface area contributed by atoms with Crippen molar-refractivity contribution in [2.45, 2.75) is 6.61 Å². The molecule has 0 unspecified atom stereocenters. The van der Waals surface area contributed by atoms with Crippen molar-refractivity contribution in [1.82, 2.24) is 0 Å². The first-order valence-corrected chi connectivity index (χ1v) is 8.01. The number of hydrogen-bond acceptors (Lipinski definition) is 3. The van der Waals surface area contributed by atoms with Crippen LogP contribution < -0.4 is 0 Å². The molecule has 0 aromatic heterocycles. The maximum atomic E-state index is 10.7. The molecule has 2 aromatic rings. The molecular formula is C21H18NO3-. The van der Waals surface area contributed by atoms with Crippen LogP contribution in [0.2, 0.25) is 0 Å². The molecule has 0 amide bonds. The number of hydrogen-bond donors (Lipinski definition) is 0. The molecule has 0 N–H and O–H groups in total. The fourth-order valence-corrected chi connectivity index (χ4v) is 2.54. The quantitative estimate of drug-likeness (QED) is 0.416. The van der Waals surface area contributed by atoms with Gasteiger partial charge in [0.15, 0.2) is 0 Å². The highest BCUT2D eigenvalue weighted by Crippen LogP contribution is 2.21. The average Bonchev–Trinajstić information content (AvgIpc) is 3.15. The fourth-order valence-electron chi connectivity index (χ4n) is 2.54. The summed E-state index contributed by atoms with van der Waals surface area (Å²) in [4.78, 5) is 10.3. The minimum Gasteiger partial charge on any atom is -0.381 e. The van der Waals surface area contributed by atoms with Crippen LogP contribution in [-0.4, -0.2) is 11.5 Å². The molecule has 0 saturated carbocycles. The molecule has 0 atom stereocenters. The van der Waals surface area contributed by atoms with Crippen LogP contribution in [-0.2, 0) is 11.3 Å². The predicted octanol–water partition coefficient (Wildman–Crippen LogP) is 4.79. The molecule has 0 bridgehead atoms. The van der Waals surface area contributed by atoms with E-state index in [1.165, 1.54) is 12.1 Å². The highest BCUT2D eigenvalue weighted by molar-refractivity contribution is 5.48. The Balaban J connectivity index is 1.64. The molecule has 0 radical (unpaired) electrons. The number of rotatable bonds is 7. The Bertz CT molecular complexity index is 791. The Labute approximate surface area is 146 Å². The van der Waals surface area contributed by atoms with Crippen LogP contribution in [0.4, 0.5) is 5.69 Å². The van der Waals surface area contributed by atoms with Crippen molar-refractivity contribution in [3.63, 3.8) is 0 Å². The van der Waals surface area contributed by atoms with Crippen molar-refractivity contribution in [3.05, 3.63) is 118 Å². The number of benzene rings is 2. The van der Waals surface area contributed by atoms with Gasteiger partial charge in [0, 0.05) is 18.7 Å². The van der Waals surface area contributed by atoms with Crippen LogP contribution in [0.5, 0.6) is 0 Å². The van der Waals surface area contributed by atoms with E-state index < -0.39 is 4.92 Å². The largest absolute Gasteiger partial charge is 0.381 e. The van der Waals surface area contributed by atoms with Gasteiger partial charge in [-0.3, -0.25) is 10.1 Å². The Kier molecular flexibility index (Phi) is 5.44. The van der Waals surface area contributed by atoms with Gasteiger partial charge < -0.3 is 4.74 Å². The highest BCUT2D eigenvalue weighted by atomic mass is 16.6. The van der Waals surface area contributed by atoms with Gasteiger partial charge in [-0.25, -0.2) is 0 Å². The summed E-state index contributed by atoms with van der Waals surface area (Å²) in [5.74, 6) is 1.09. The van der Waals surface area contributed by atoms with E-state index in [4.69, 9.17) is 4.74 Å². The molecule has 1 aliphatic rings. The number of nitro benzene ring substituents is 1. The maximum Gasteiger partial charge on any atom is 0.269 e. The molecule has 25 heavy (non-hydrogen) atoms. The first-order valence-electron chi connectivity index (χ1n) is 8.01. The van der Waals surface area contributed by atoms with Gasteiger partial charge in [-0.2, -0.15) is 0 Å². The third-order valence-electron chi connectivity index (χ3n) is 3.85. The van der Waals surface area contributed by atoms with E-state index in [2.05, 4.69) is 30.4 Å². The highest BCUT2D eigenvalue weighted by Gasteiger charge is 2.06. The molecule has 0 aliphatic heterocycles. The molecular weight excluding hydrogens is 314 g/mol. The summed E-state index contributed by atoms with van der Waals surface area (Å²) in [6.45, 7) is 0.870. The van der Waals surface area contributed by atoms with Gasteiger partial charge >= 0.3 is 0 Å². The minimum atomic E-state index is -0.402. The number of nitrogens with zero attached hydrogens (tertiary/aromatic N) is 1. The zero-order valence-electron chi connectivity index (χ0n) is 13.7. The first-order chi connectivity index (χ1) is 12.2. The molecule has 0 heterocycles. The lowest BCUT2D eigenvalue weighted by molar-refractivity contribution is -0.384. The minimum absolute atomic E-state index is 0.0878. The summed E-state index contributed by atoms with van der Waals surface area (Å²) in [6, 6.07) is 16.6. The van der Waals surface area contributed by atoms with Gasteiger partial charge in [0.2, 0.25) is 0 Å². The second-order valence-corrected chi connectivity index (χ2v) is 5.67.